The second-order valence-electron chi connectivity index (χ2n) is 5.24. The molecule has 2 rings (SSSR count). The van der Waals surface area contributed by atoms with E-state index in [9.17, 15) is 21.6 Å². The maximum Gasteiger partial charge on any atom is 0.501 e. The molecule has 1 unspecified atom stereocenters. The molecule has 4 nitrogen and oxygen atoms in total. The molecule has 0 radical (unpaired) electrons. The number of nitrogens with one attached hydrogen (secondary N) is 1. The summed E-state index contributed by atoms with van der Waals surface area (Å²) in [6.07, 6.45) is 0.942. The molecule has 118 valence electrons. The Bertz CT molecular complexity index is 602. The van der Waals surface area contributed by atoms with E-state index in [-0.39, 0.29) is 5.69 Å². The Hall–Kier alpha value is -1.28. The summed E-state index contributed by atoms with van der Waals surface area (Å²) in [5.41, 5.74) is -5.29. The largest absolute Gasteiger partial charge is 0.501 e. The third kappa shape index (κ3) is 3.49. The summed E-state index contributed by atoms with van der Waals surface area (Å²) in [6, 6.07) is 5.13. The molecular weight excluding hydrogens is 305 g/mol. The van der Waals surface area contributed by atoms with Gasteiger partial charge in [0.05, 0.1) is 10.6 Å². The highest BCUT2D eigenvalue weighted by Gasteiger charge is 2.47. The van der Waals surface area contributed by atoms with Crippen molar-refractivity contribution >= 4 is 15.5 Å². The van der Waals surface area contributed by atoms with E-state index in [0.29, 0.717) is 12.5 Å². The van der Waals surface area contributed by atoms with Gasteiger partial charge in [-0.05, 0) is 38.1 Å². The van der Waals surface area contributed by atoms with Crippen LogP contribution in [0.1, 0.15) is 6.42 Å². The minimum absolute atomic E-state index is 0.00405. The molecule has 21 heavy (non-hydrogen) atoms. The van der Waals surface area contributed by atoms with Crippen LogP contribution in [0.25, 0.3) is 0 Å². The highest BCUT2D eigenvalue weighted by atomic mass is 32.2. The van der Waals surface area contributed by atoms with Gasteiger partial charge >= 0.3 is 5.51 Å². The number of benzene rings is 1. The second-order valence-corrected chi connectivity index (χ2v) is 7.15. The lowest BCUT2D eigenvalue weighted by Crippen LogP contribution is -2.25. The molecule has 1 aromatic rings. The van der Waals surface area contributed by atoms with Crippen molar-refractivity contribution in [2.24, 2.45) is 5.92 Å². The van der Waals surface area contributed by atoms with Crippen molar-refractivity contribution in [1.82, 2.24) is 4.90 Å². The van der Waals surface area contributed by atoms with Crippen molar-refractivity contribution in [3.8, 4) is 0 Å². The molecule has 0 aliphatic carbocycles. The summed E-state index contributed by atoms with van der Waals surface area (Å²) in [6.45, 7) is 2.24. The van der Waals surface area contributed by atoms with Gasteiger partial charge in [-0.1, -0.05) is 12.1 Å². The van der Waals surface area contributed by atoms with E-state index < -0.39 is 20.2 Å². The van der Waals surface area contributed by atoms with Crippen LogP contribution in [0.5, 0.6) is 0 Å². The van der Waals surface area contributed by atoms with Gasteiger partial charge in [-0.25, -0.2) is 8.42 Å². The van der Waals surface area contributed by atoms with E-state index >= 15 is 0 Å². The first-order valence-corrected chi connectivity index (χ1v) is 8.03. The zero-order valence-electron chi connectivity index (χ0n) is 11.5. The van der Waals surface area contributed by atoms with Crippen LogP contribution in [-0.2, 0) is 9.84 Å². The first-order valence-electron chi connectivity index (χ1n) is 6.54. The number of sulfone groups is 1. The minimum atomic E-state index is -5.34. The van der Waals surface area contributed by atoms with Gasteiger partial charge in [0.15, 0.2) is 0 Å². The van der Waals surface area contributed by atoms with E-state index in [4.69, 9.17) is 0 Å². The maximum atomic E-state index is 12.7. The Morgan fingerprint density at radius 3 is 2.57 bits per heavy atom. The molecule has 1 atom stereocenters. The Labute approximate surface area is 121 Å². The van der Waals surface area contributed by atoms with E-state index in [1.807, 2.05) is 7.05 Å². The van der Waals surface area contributed by atoms with Gasteiger partial charge in [0.1, 0.15) is 0 Å². The molecule has 0 aromatic heterocycles. The topological polar surface area (TPSA) is 49.4 Å². The summed E-state index contributed by atoms with van der Waals surface area (Å²) in [4.78, 5) is 1.41. The minimum Gasteiger partial charge on any atom is -0.384 e. The lowest BCUT2D eigenvalue weighted by molar-refractivity contribution is -0.0435. The molecular formula is C13H17F3N2O2S. The number of para-hydroxylation sites is 1. The Morgan fingerprint density at radius 1 is 1.33 bits per heavy atom. The van der Waals surface area contributed by atoms with E-state index in [0.717, 1.165) is 25.6 Å². The number of halogens is 3. The fraction of sp³-hybridized carbons (Fsp3) is 0.538. The molecule has 8 heteroatoms. The zero-order valence-corrected chi connectivity index (χ0v) is 12.3. The lowest BCUT2D eigenvalue weighted by Gasteiger charge is -2.16. The Morgan fingerprint density at radius 2 is 2.00 bits per heavy atom. The van der Waals surface area contributed by atoms with Gasteiger partial charge in [0.2, 0.25) is 0 Å². The number of anilines is 1. The molecule has 1 N–H and O–H groups in total. The van der Waals surface area contributed by atoms with Crippen molar-refractivity contribution < 1.29 is 21.6 Å². The fourth-order valence-electron chi connectivity index (χ4n) is 2.42. The number of hydrogen-bond acceptors (Lipinski definition) is 4. The summed E-state index contributed by atoms with van der Waals surface area (Å²) in [5.74, 6) is 0.302. The normalized spacial score (nSPS) is 20.7. The van der Waals surface area contributed by atoms with Crippen molar-refractivity contribution in [2.45, 2.75) is 16.8 Å². The van der Waals surface area contributed by atoms with Crippen LogP contribution in [0.2, 0.25) is 0 Å². The van der Waals surface area contributed by atoms with Gasteiger partial charge in [0, 0.05) is 13.1 Å². The summed E-state index contributed by atoms with van der Waals surface area (Å²) in [5, 5.41) is 2.85. The van der Waals surface area contributed by atoms with Gasteiger partial charge in [-0.3, -0.25) is 0 Å². The third-order valence-corrected chi connectivity index (χ3v) is 5.10. The van der Waals surface area contributed by atoms with Crippen LogP contribution < -0.4 is 5.32 Å². The fourth-order valence-corrected chi connectivity index (χ4v) is 3.36. The van der Waals surface area contributed by atoms with Crippen LogP contribution in [0.4, 0.5) is 18.9 Å². The van der Waals surface area contributed by atoms with Gasteiger partial charge in [-0.15, -0.1) is 0 Å². The van der Waals surface area contributed by atoms with E-state index in [2.05, 4.69) is 10.2 Å². The molecule has 1 saturated heterocycles. The predicted octanol–water partition coefficient (Wildman–Crippen LogP) is 2.34. The molecule has 0 bridgehead atoms. The molecule has 1 aromatic carbocycles. The second kappa shape index (κ2) is 5.84. The molecule has 0 saturated carbocycles. The molecule has 1 aliphatic rings. The summed E-state index contributed by atoms with van der Waals surface area (Å²) < 4.78 is 61.1. The van der Waals surface area contributed by atoms with Crippen molar-refractivity contribution in [2.75, 3.05) is 32.0 Å². The average molecular weight is 322 g/mol. The Kier molecular flexibility index (Phi) is 4.48. The number of rotatable bonds is 4. The number of nitrogens with zero attached hydrogens (tertiary/aromatic N) is 1. The third-order valence-electron chi connectivity index (χ3n) is 3.55. The van der Waals surface area contributed by atoms with Gasteiger partial charge < -0.3 is 10.2 Å². The average Bonchev–Trinajstić information content (AvgIpc) is 2.81. The van der Waals surface area contributed by atoms with Gasteiger partial charge in [0.25, 0.3) is 9.84 Å². The van der Waals surface area contributed by atoms with Crippen molar-refractivity contribution in [1.29, 1.82) is 0 Å². The maximum absolute atomic E-state index is 12.7. The van der Waals surface area contributed by atoms with Gasteiger partial charge in [-0.2, -0.15) is 13.2 Å². The summed E-state index contributed by atoms with van der Waals surface area (Å²) >= 11 is 0. The predicted molar refractivity (Wildman–Crippen MR) is 73.8 cm³/mol. The van der Waals surface area contributed by atoms with Crippen LogP contribution in [0.15, 0.2) is 29.2 Å². The first-order chi connectivity index (χ1) is 9.72. The summed E-state index contributed by atoms with van der Waals surface area (Å²) in [7, 11) is -3.36. The highest BCUT2D eigenvalue weighted by molar-refractivity contribution is 7.92. The van der Waals surface area contributed by atoms with Crippen LogP contribution in [-0.4, -0.2) is 45.5 Å². The monoisotopic (exact) mass is 322 g/mol. The van der Waals surface area contributed by atoms with Crippen LogP contribution >= 0.6 is 0 Å². The zero-order chi connectivity index (χ0) is 15.7. The Balaban J connectivity index is 2.18. The standard InChI is InChI=1S/C13H17F3N2O2S/c1-18-7-6-10(9-18)8-17-11-4-2-3-5-12(11)21(19,20)13(14,15)16/h2-5,10,17H,6-9H2,1H3. The molecule has 1 aliphatic heterocycles. The quantitative estimate of drug-likeness (QED) is 0.924. The molecule has 0 spiro atoms. The molecule has 1 fully saturated rings. The highest BCUT2D eigenvalue weighted by Crippen LogP contribution is 2.34. The molecule has 0 amide bonds. The number of hydrogen-bond donors (Lipinski definition) is 1. The van der Waals surface area contributed by atoms with E-state index in [1.54, 1.807) is 0 Å². The smallest absolute Gasteiger partial charge is 0.384 e. The van der Waals surface area contributed by atoms with E-state index in [1.165, 1.54) is 18.2 Å². The first kappa shape index (κ1) is 16.1. The molecule has 1 heterocycles. The number of alkyl halides is 3. The van der Waals surface area contributed by atoms with Crippen LogP contribution in [0, 0.1) is 5.92 Å². The SMILES string of the molecule is CN1CCC(CNc2ccccc2S(=O)(=O)C(F)(F)F)C1. The van der Waals surface area contributed by atoms with Crippen molar-refractivity contribution in [3.05, 3.63) is 24.3 Å². The lowest BCUT2D eigenvalue weighted by atomic mass is 10.1. The van der Waals surface area contributed by atoms with Crippen LogP contribution in [0.3, 0.4) is 0 Å². The van der Waals surface area contributed by atoms with Crippen molar-refractivity contribution in [3.63, 3.8) is 0 Å². The number of likely N-dealkylation sites (tertiary alicyclic amines) is 1.